The zero-order valence-corrected chi connectivity index (χ0v) is 12.1. The molecule has 0 saturated heterocycles. The first kappa shape index (κ1) is 14.4. The first-order valence-corrected chi connectivity index (χ1v) is 7.89. The van der Waals surface area contributed by atoms with Crippen LogP contribution in [-0.2, 0) is 0 Å². The van der Waals surface area contributed by atoms with Gasteiger partial charge in [-0.3, -0.25) is 4.79 Å². The SMILES string of the molecule is CCSc1cccc(C(=O)NC2CCC(O)CC2)c1. The number of benzene rings is 1. The first-order chi connectivity index (χ1) is 9.19. The van der Waals surface area contributed by atoms with Gasteiger partial charge in [0.1, 0.15) is 0 Å². The summed E-state index contributed by atoms with van der Waals surface area (Å²) in [5, 5.41) is 12.5. The standard InChI is InChI=1S/C15H21NO2S/c1-2-19-14-5-3-4-11(10-14)15(18)16-12-6-8-13(17)9-7-12/h3-5,10,12-13,17H,2,6-9H2,1H3,(H,16,18). The van der Waals surface area contributed by atoms with Crippen molar-refractivity contribution in [1.82, 2.24) is 5.32 Å². The zero-order chi connectivity index (χ0) is 13.7. The van der Waals surface area contributed by atoms with Crippen LogP contribution in [0.25, 0.3) is 0 Å². The predicted molar refractivity (Wildman–Crippen MR) is 78.6 cm³/mol. The Kier molecular flexibility index (Phi) is 5.28. The number of hydrogen-bond acceptors (Lipinski definition) is 3. The van der Waals surface area contributed by atoms with Crippen molar-refractivity contribution in [2.45, 2.75) is 49.6 Å². The van der Waals surface area contributed by atoms with E-state index in [9.17, 15) is 9.90 Å². The summed E-state index contributed by atoms with van der Waals surface area (Å²) in [6, 6.07) is 7.96. The van der Waals surface area contributed by atoms with Gasteiger partial charge in [-0.2, -0.15) is 0 Å². The summed E-state index contributed by atoms with van der Waals surface area (Å²) in [5.74, 6) is 1.01. The largest absolute Gasteiger partial charge is 0.393 e. The molecule has 1 saturated carbocycles. The average molecular weight is 279 g/mol. The fraction of sp³-hybridized carbons (Fsp3) is 0.533. The lowest BCUT2D eigenvalue weighted by atomic mass is 9.93. The topological polar surface area (TPSA) is 49.3 Å². The number of thioether (sulfide) groups is 1. The van der Waals surface area contributed by atoms with Crippen molar-refractivity contribution in [3.63, 3.8) is 0 Å². The van der Waals surface area contributed by atoms with Crippen LogP contribution in [0.1, 0.15) is 43.0 Å². The minimum absolute atomic E-state index is 0.0000529. The average Bonchev–Trinajstić information content (AvgIpc) is 2.42. The Balaban J connectivity index is 1.94. The molecule has 0 heterocycles. The maximum atomic E-state index is 12.2. The molecule has 1 amide bonds. The van der Waals surface area contributed by atoms with Gasteiger partial charge in [-0.05, 0) is 49.6 Å². The van der Waals surface area contributed by atoms with Gasteiger partial charge < -0.3 is 10.4 Å². The maximum absolute atomic E-state index is 12.2. The van der Waals surface area contributed by atoms with Crippen molar-refractivity contribution in [3.05, 3.63) is 29.8 Å². The van der Waals surface area contributed by atoms with Gasteiger partial charge in [-0.1, -0.05) is 13.0 Å². The second-order valence-electron chi connectivity index (χ2n) is 4.94. The molecule has 2 rings (SSSR count). The summed E-state index contributed by atoms with van der Waals surface area (Å²) >= 11 is 1.74. The van der Waals surface area contributed by atoms with Crippen LogP contribution >= 0.6 is 11.8 Å². The highest BCUT2D eigenvalue weighted by atomic mass is 32.2. The van der Waals surface area contributed by atoms with Gasteiger partial charge in [0.05, 0.1) is 6.10 Å². The summed E-state index contributed by atoms with van der Waals surface area (Å²) in [6.07, 6.45) is 3.14. The smallest absolute Gasteiger partial charge is 0.251 e. The number of carbonyl (C=O) groups excluding carboxylic acids is 1. The van der Waals surface area contributed by atoms with E-state index in [0.29, 0.717) is 0 Å². The van der Waals surface area contributed by atoms with E-state index in [4.69, 9.17) is 0 Å². The van der Waals surface area contributed by atoms with E-state index in [1.54, 1.807) is 11.8 Å². The number of nitrogens with one attached hydrogen (secondary N) is 1. The number of aliphatic hydroxyl groups excluding tert-OH is 1. The van der Waals surface area contributed by atoms with Crippen LogP contribution in [-0.4, -0.2) is 28.9 Å². The number of rotatable bonds is 4. The Morgan fingerprint density at radius 2 is 2.11 bits per heavy atom. The molecule has 1 aliphatic carbocycles. The van der Waals surface area contributed by atoms with Crippen LogP contribution in [0.2, 0.25) is 0 Å². The number of aliphatic hydroxyl groups is 1. The third kappa shape index (κ3) is 4.25. The number of carbonyl (C=O) groups is 1. The molecule has 0 aromatic heterocycles. The van der Waals surface area contributed by atoms with Gasteiger partial charge in [0.25, 0.3) is 5.91 Å². The molecule has 0 unspecified atom stereocenters. The summed E-state index contributed by atoms with van der Waals surface area (Å²) in [7, 11) is 0. The van der Waals surface area contributed by atoms with E-state index in [-0.39, 0.29) is 18.1 Å². The van der Waals surface area contributed by atoms with E-state index in [1.165, 1.54) is 0 Å². The van der Waals surface area contributed by atoms with Crippen LogP contribution in [0.4, 0.5) is 0 Å². The predicted octanol–water partition coefficient (Wildman–Crippen LogP) is 2.83. The van der Waals surface area contributed by atoms with Crippen LogP contribution < -0.4 is 5.32 Å². The highest BCUT2D eigenvalue weighted by Crippen LogP contribution is 2.21. The molecule has 0 atom stereocenters. The molecule has 0 bridgehead atoms. The second kappa shape index (κ2) is 6.96. The lowest BCUT2D eigenvalue weighted by molar-refractivity contribution is 0.0867. The van der Waals surface area contributed by atoms with Crippen molar-refractivity contribution in [2.24, 2.45) is 0 Å². The van der Waals surface area contributed by atoms with E-state index >= 15 is 0 Å². The lowest BCUT2D eigenvalue weighted by Gasteiger charge is -2.26. The van der Waals surface area contributed by atoms with Crippen molar-refractivity contribution >= 4 is 17.7 Å². The lowest BCUT2D eigenvalue weighted by Crippen LogP contribution is -2.38. The van der Waals surface area contributed by atoms with Gasteiger partial charge >= 0.3 is 0 Å². The normalized spacial score (nSPS) is 23.1. The molecule has 4 heteroatoms. The highest BCUT2D eigenvalue weighted by molar-refractivity contribution is 7.99. The molecule has 1 aromatic carbocycles. The maximum Gasteiger partial charge on any atom is 0.251 e. The fourth-order valence-electron chi connectivity index (χ4n) is 2.38. The zero-order valence-electron chi connectivity index (χ0n) is 11.3. The van der Waals surface area contributed by atoms with E-state index in [0.717, 1.165) is 41.9 Å². The minimum atomic E-state index is -0.183. The summed E-state index contributed by atoms with van der Waals surface area (Å²) < 4.78 is 0. The molecule has 0 aliphatic heterocycles. The van der Waals surface area contributed by atoms with Crippen LogP contribution in [0.15, 0.2) is 29.2 Å². The van der Waals surface area contributed by atoms with Gasteiger partial charge in [0.15, 0.2) is 0 Å². The highest BCUT2D eigenvalue weighted by Gasteiger charge is 2.21. The molecule has 104 valence electrons. The van der Waals surface area contributed by atoms with Crippen molar-refractivity contribution in [1.29, 1.82) is 0 Å². The fourth-order valence-corrected chi connectivity index (χ4v) is 3.10. The third-order valence-corrected chi connectivity index (χ3v) is 4.32. The van der Waals surface area contributed by atoms with Gasteiger partial charge in [0, 0.05) is 16.5 Å². The molecule has 0 radical (unpaired) electrons. The molecule has 1 aliphatic rings. The quantitative estimate of drug-likeness (QED) is 0.833. The Morgan fingerprint density at radius 3 is 2.79 bits per heavy atom. The van der Waals surface area contributed by atoms with Crippen LogP contribution in [0.3, 0.4) is 0 Å². The second-order valence-corrected chi connectivity index (χ2v) is 6.28. The van der Waals surface area contributed by atoms with E-state index in [1.807, 2.05) is 24.3 Å². The van der Waals surface area contributed by atoms with Crippen molar-refractivity contribution in [3.8, 4) is 0 Å². The third-order valence-electron chi connectivity index (χ3n) is 3.44. The molecule has 0 spiro atoms. The Morgan fingerprint density at radius 1 is 1.37 bits per heavy atom. The summed E-state index contributed by atoms with van der Waals surface area (Å²) in [4.78, 5) is 13.3. The number of amides is 1. The van der Waals surface area contributed by atoms with Gasteiger partial charge in [-0.25, -0.2) is 0 Å². The Labute approximate surface area is 118 Å². The van der Waals surface area contributed by atoms with Crippen molar-refractivity contribution in [2.75, 3.05) is 5.75 Å². The van der Waals surface area contributed by atoms with Gasteiger partial charge in [-0.15, -0.1) is 11.8 Å². The van der Waals surface area contributed by atoms with E-state index < -0.39 is 0 Å². The van der Waals surface area contributed by atoms with E-state index in [2.05, 4.69) is 12.2 Å². The monoisotopic (exact) mass is 279 g/mol. The molecule has 3 nitrogen and oxygen atoms in total. The molecule has 2 N–H and O–H groups in total. The molecular formula is C15H21NO2S. The summed E-state index contributed by atoms with van der Waals surface area (Å²) in [5.41, 5.74) is 0.726. The minimum Gasteiger partial charge on any atom is -0.393 e. The van der Waals surface area contributed by atoms with Crippen LogP contribution in [0.5, 0.6) is 0 Å². The molecule has 19 heavy (non-hydrogen) atoms. The number of hydrogen-bond donors (Lipinski definition) is 2. The van der Waals surface area contributed by atoms with Gasteiger partial charge in [0.2, 0.25) is 0 Å². The Bertz CT molecular complexity index is 428. The molecule has 1 fully saturated rings. The van der Waals surface area contributed by atoms with Crippen molar-refractivity contribution < 1.29 is 9.90 Å². The van der Waals surface area contributed by atoms with Crippen LogP contribution in [0, 0.1) is 0 Å². The Hall–Kier alpha value is -1.00. The molecular weight excluding hydrogens is 258 g/mol. The summed E-state index contributed by atoms with van der Waals surface area (Å²) in [6.45, 7) is 2.10. The molecule has 1 aromatic rings. The first-order valence-electron chi connectivity index (χ1n) is 6.91.